The third kappa shape index (κ3) is 10.4. The lowest BCUT2D eigenvalue weighted by atomic mass is 9.92. The Kier molecular flexibility index (Phi) is 13.7. The van der Waals surface area contributed by atoms with Crippen molar-refractivity contribution in [2.75, 3.05) is 11.5 Å². The summed E-state index contributed by atoms with van der Waals surface area (Å²) in [6.45, 7) is 5.99. The molecule has 0 spiro atoms. The van der Waals surface area contributed by atoms with Gasteiger partial charge in [-0.1, -0.05) is 160 Å². The van der Waals surface area contributed by atoms with E-state index in [2.05, 4.69) is 182 Å². The van der Waals surface area contributed by atoms with Crippen molar-refractivity contribution < 1.29 is 9.59 Å². The highest BCUT2D eigenvalue weighted by Crippen LogP contribution is 2.36. The van der Waals surface area contributed by atoms with Crippen molar-refractivity contribution in [3.8, 4) is 22.3 Å². The van der Waals surface area contributed by atoms with Crippen LogP contribution in [0.4, 0.5) is 0 Å². The molecule has 2 nitrogen and oxygen atoms in total. The van der Waals surface area contributed by atoms with Crippen molar-refractivity contribution in [3.63, 3.8) is 0 Å². The van der Waals surface area contributed by atoms with E-state index >= 15 is 0 Å². The summed E-state index contributed by atoms with van der Waals surface area (Å²) in [5, 5.41) is 0. The van der Waals surface area contributed by atoms with Crippen LogP contribution >= 0.6 is 0 Å². The zero-order valence-corrected chi connectivity index (χ0v) is 37.9. The molecule has 0 radical (unpaired) electrons. The Morgan fingerprint density at radius 2 is 0.871 bits per heavy atom. The van der Waals surface area contributed by atoms with Crippen LogP contribution in [-0.4, -0.2) is 23.1 Å². The molecule has 0 aliphatic rings. The molecular formula is C57H51O2S3+3. The fourth-order valence-electron chi connectivity index (χ4n) is 7.39. The van der Waals surface area contributed by atoms with Crippen molar-refractivity contribution in [3.05, 3.63) is 230 Å². The van der Waals surface area contributed by atoms with Gasteiger partial charge in [0, 0.05) is 28.2 Å². The Morgan fingerprint density at radius 1 is 0.403 bits per heavy atom. The van der Waals surface area contributed by atoms with Crippen molar-refractivity contribution in [1.82, 2.24) is 0 Å². The second kappa shape index (κ2) is 19.9. The van der Waals surface area contributed by atoms with Gasteiger partial charge in [-0.25, -0.2) is 0 Å². The molecule has 306 valence electrons. The first kappa shape index (κ1) is 42.8. The molecular weight excluding hydrogens is 813 g/mol. The quantitative estimate of drug-likeness (QED) is 0.0760. The molecule has 0 aliphatic heterocycles. The molecule has 2 atom stereocenters. The molecule has 0 saturated carbocycles. The standard InChI is InChI=1S/C57H51O2S3/c1-57(2,3)56(59)42-62(51-29-14-7-15-30-51)55-33-17-16-32-53(55)44-34-36-45(37-35-44)54(58)41-61(50-27-12-6-13-28-50)52-31-19-22-47(39-52)46-21-18-20-43(38-46)40-60(48-23-8-4-9-24-48)49-25-10-5-11-26-49/h4-39H,40-42H2,1-3H3/q+3. The van der Waals surface area contributed by atoms with E-state index in [1.807, 2.05) is 57.2 Å². The largest absolute Gasteiger partial charge is 0.294 e. The van der Waals surface area contributed by atoms with E-state index in [0.29, 0.717) is 17.1 Å². The Bertz CT molecular complexity index is 2690. The molecule has 0 N–H and O–H groups in total. The molecule has 0 fully saturated rings. The number of benzene rings is 8. The maximum absolute atomic E-state index is 14.3. The summed E-state index contributed by atoms with van der Waals surface area (Å²) in [6.07, 6.45) is 0. The number of carbonyl (C=O) groups excluding carboxylic acids is 2. The highest BCUT2D eigenvalue weighted by atomic mass is 32.2. The van der Waals surface area contributed by atoms with Crippen LogP contribution in [0.25, 0.3) is 22.3 Å². The van der Waals surface area contributed by atoms with Gasteiger partial charge in [-0.15, -0.1) is 0 Å². The first-order valence-corrected chi connectivity index (χ1v) is 25.2. The minimum absolute atomic E-state index is 0.106. The van der Waals surface area contributed by atoms with Crippen molar-refractivity contribution in [2.45, 2.75) is 55.9 Å². The highest BCUT2D eigenvalue weighted by Gasteiger charge is 2.36. The van der Waals surface area contributed by atoms with Gasteiger partial charge in [0.1, 0.15) is 5.75 Å². The predicted octanol–water partition coefficient (Wildman–Crippen LogP) is 13.8. The van der Waals surface area contributed by atoms with Gasteiger partial charge in [0.15, 0.2) is 46.7 Å². The topological polar surface area (TPSA) is 34.1 Å². The predicted molar refractivity (Wildman–Crippen MR) is 263 cm³/mol. The van der Waals surface area contributed by atoms with Gasteiger partial charge < -0.3 is 0 Å². The summed E-state index contributed by atoms with van der Waals surface area (Å²) in [4.78, 5) is 35.1. The van der Waals surface area contributed by atoms with E-state index in [0.717, 1.165) is 42.0 Å². The number of rotatable bonds is 15. The third-order valence-corrected chi connectivity index (χ3v) is 17.7. The molecule has 8 aromatic carbocycles. The SMILES string of the molecule is CC(C)(C)C(=O)C[S+](c1ccccc1)c1ccccc1-c1ccc(C(=O)C[S+](c2ccccc2)c2cccc(-c3cccc(C[S+](c4ccccc4)c4ccccc4)c3)c2)cc1. The molecule has 8 aromatic rings. The van der Waals surface area contributed by atoms with Crippen LogP contribution < -0.4 is 0 Å². The fraction of sp³-hybridized carbons (Fsp3) is 0.123. The van der Waals surface area contributed by atoms with Gasteiger partial charge >= 0.3 is 0 Å². The van der Waals surface area contributed by atoms with E-state index in [1.165, 1.54) is 20.9 Å². The summed E-state index contributed by atoms with van der Waals surface area (Å²) in [7, 11) is -1.06. The van der Waals surface area contributed by atoms with E-state index in [1.54, 1.807) is 0 Å². The molecule has 0 aromatic heterocycles. The molecule has 0 amide bonds. The molecule has 0 bridgehead atoms. The van der Waals surface area contributed by atoms with Gasteiger partial charge in [0.2, 0.25) is 5.78 Å². The van der Waals surface area contributed by atoms with Crippen LogP contribution in [0.5, 0.6) is 0 Å². The highest BCUT2D eigenvalue weighted by molar-refractivity contribution is 7.98. The van der Waals surface area contributed by atoms with Crippen molar-refractivity contribution >= 4 is 44.3 Å². The summed E-state index contributed by atoms with van der Waals surface area (Å²) in [5.74, 6) is 2.08. The van der Waals surface area contributed by atoms with Gasteiger partial charge in [-0.3, -0.25) is 9.59 Å². The van der Waals surface area contributed by atoms with Crippen LogP contribution in [0, 0.1) is 5.41 Å². The lowest BCUT2D eigenvalue weighted by Gasteiger charge is -2.18. The Balaban J connectivity index is 1.05. The Hall–Kier alpha value is -5.85. The minimum atomic E-state index is -0.495. The Morgan fingerprint density at radius 3 is 1.44 bits per heavy atom. The second-order valence-corrected chi connectivity index (χ2v) is 22.3. The van der Waals surface area contributed by atoms with Crippen LogP contribution in [0.1, 0.15) is 36.7 Å². The molecule has 62 heavy (non-hydrogen) atoms. The van der Waals surface area contributed by atoms with E-state index < -0.39 is 27.2 Å². The number of hydrogen-bond acceptors (Lipinski definition) is 2. The zero-order chi connectivity index (χ0) is 42.9. The number of ketones is 2. The number of hydrogen-bond donors (Lipinski definition) is 0. The molecule has 8 rings (SSSR count). The van der Waals surface area contributed by atoms with Gasteiger partial charge in [0.25, 0.3) is 0 Å². The van der Waals surface area contributed by atoms with Crippen molar-refractivity contribution in [2.24, 2.45) is 5.41 Å². The summed E-state index contributed by atoms with van der Waals surface area (Å²) in [5.41, 5.74) is 5.99. The van der Waals surface area contributed by atoms with Gasteiger partial charge in [-0.05, 0) is 89.5 Å². The average Bonchev–Trinajstić information content (AvgIpc) is 3.32. The van der Waals surface area contributed by atoms with Crippen LogP contribution in [-0.2, 0) is 43.2 Å². The van der Waals surface area contributed by atoms with E-state index in [4.69, 9.17) is 0 Å². The summed E-state index contributed by atoms with van der Waals surface area (Å²) < 4.78 is 0. The maximum atomic E-state index is 14.3. The van der Waals surface area contributed by atoms with Crippen LogP contribution in [0.15, 0.2) is 248 Å². The number of Topliss-reactive ketones (excluding diaryl/α,β-unsaturated/α-hetero) is 2. The maximum Gasteiger partial charge on any atom is 0.212 e. The second-order valence-electron chi connectivity index (χ2n) is 16.3. The minimum Gasteiger partial charge on any atom is -0.294 e. The third-order valence-electron chi connectivity index (χ3n) is 10.9. The first-order valence-electron chi connectivity index (χ1n) is 21.0. The zero-order valence-electron chi connectivity index (χ0n) is 35.4. The van der Waals surface area contributed by atoms with E-state index in [-0.39, 0.29) is 22.5 Å². The van der Waals surface area contributed by atoms with Crippen molar-refractivity contribution in [1.29, 1.82) is 0 Å². The molecule has 0 heterocycles. The smallest absolute Gasteiger partial charge is 0.212 e. The monoisotopic (exact) mass is 863 g/mol. The lowest BCUT2D eigenvalue weighted by molar-refractivity contribution is -0.123. The van der Waals surface area contributed by atoms with Gasteiger partial charge in [0.05, 0.1) is 32.7 Å². The molecule has 2 unspecified atom stereocenters. The average molecular weight is 864 g/mol. The van der Waals surface area contributed by atoms with Gasteiger partial charge in [-0.2, -0.15) is 0 Å². The molecule has 0 aliphatic carbocycles. The number of carbonyl (C=O) groups is 2. The Labute approximate surface area is 376 Å². The lowest BCUT2D eigenvalue weighted by Crippen LogP contribution is -2.28. The van der Waals surface area contributed by atoms with Crippen LogP contribution in [0.2, 0.25) is 0 Å². The normalized spacial score (nSPS) is 12.5. The fourth-order valence-corrected chi connectivity index (χ4v) is 14.0. The summed E-state index contributed by atoms with van der Waals surface area (Å²) in [6, 6.07) is 76.7. The first-order chi connectivity index (χ1) is 30.2. The van der Waals surface area contributed by atoms with Crippen LogP contribution in [0.3, 0.4) is 0 Å². The summed E-state index contributed by atoms with van der Waals surface area (Å²) >= 11 is 0. The molecule has 0 saturated heterocycles. The van der Waals surface area contributed by atoms with E-state index in [9.17, 15) is 9.59 Å². The molecule has 5 heteroatoms.